The summed E-state index contributed by atoms with van der Waals surface area (Å²) in [6.07, 6.45) is 6.99. The number of oxazole rings is 1. The van der Waals surface area contributed by atoms with E-state index < -0.39 is 30.2 Å². The molecule has 0 unspecified atom stereocenters. The van der Waals surface area contributed by atoms with Crippen LogP contribution in [0.15, 0.2) is 46.6 Å². The van der Waals surface area contributed by atoms with Crippen molar-refractivity contribution in [1.29, 1.82) is 0 Å². The number of fused-ring (bicyclic) bond motifs is 2. The minimum atomic E-state index is -0.954. The minimum Gasteiger partial charge on any atom is -0.460 e. The third-order valence-corrected chi connectivity index (χ3v) is 5.33. The predicted octanol–water partition coefficient (Wildman–Crippen LogP) is 1.45. The van der Waals surface area contributed by atoms with Gasteiger partial charge < -0.3 is 30.0 Å². The van der Waals surface area contributed by atoms with Crippen molar-refractivity contribution in [2.24, 2.45) is 11.8 Å². The van der Waals surface area contributed by atoms with Gasteiger partial charge in [-0.25, -0.2) is 4.98 Å². The van der Waals surface area contributed by atoms with Gasteiger partial charge in [0, 0.05) is 18.9 Å². The second kappa shape index (κ2) is 13.6. The van der Waals surface area contributed by atoms with Crippen LogP contribution in [0.1, 0.15) is 50.5 Å². The number of allylic oxidation sites excluding steroid dienone is 2. The highest BCUT2D eigenvalue weighted by Gasteiger charge is 2.24. The monoisotopic (exact) mass is 489 g/mol. The van der Waals surface area contributed by atoms with Gasteiger partial charge in [-0.1, -0.05) is 50.6 Å². The van der Waals surface area contributed by atoms with Crippen molar-refractivity contribution in [3.63, 3.8) is 0 Å². The highest BCUT2D eigenvalue weighted by molar-refractivity contribution is 5.94. The number of carbonyl (C=O) groups excluding carboxylic acids is 3. The van der Waals surface area contributed by atoms with E-state index in [1.54, 1.807) is 31.2 Å². The van der Waals surface area contributed by atoms with Crippen LogP contribution < -0.4 is 10.6 Å². The third-order valence-electron chi connectivity index (χ3n) is 5.33. The molecule has 0 spiro atoms. The molecule has 4 N–H and O–H groups in total. The van der Waals surface area contributed by atoms with Crippen LogP contribution in [0.25, 0.3) is 0 Å². The lowest BCUT2D eigenvalue weighted by atomic mass is 9.94. The molecule has 0 saturated carbocycles. The first-order chi connectivity index (χ1) is 16.5. The number of hydrogen-bond donors (Lipinski definition) is 4. The fourth-order valence-electron chi connectivity index (χ4n) is 3.60. The predicted molar refractivity (Wildman–Crippen MR) is 128 cm³/mol. The topological polar surface area (TPSA) is 151 Å². The van der Waals surface area contributed by atoms with Gasteiger partial charge in [-0.05, 0) is 18.9 Å². The van der Waals surface area contributed by atoms with Gasteiger partial charge in [0.25, 0.3) is 5.91 Å². The average Bonchev–Trinajstić information content (AvgIpc) is 3.24. The number of ether oxygens (including phenoxy) is 1. The Bertz CT molecular complexity index is 964. The Morgan fingerprint density at radius 3 is 2.60 bits per heavy atom. The molecule has 10 nitrogen and oxygen atoms in total. The fraction of sp³-hybridized carbons (Fsp3) is 0.520. The summed E-state index contributed by atoms with van der Waals surface area (Å²) in [5, 5.41) is 25.6. The number of aliphatic hydroxyl groups is 2. The molecule has 0 saturated heterocycles. The average molecular weight is 490 g/mol. The zero-order chi connectivity index (χ0) is 26.0. The minimum absolute atomic E-state index is 0.00208. The Labute approximate surface area is 205 Å². The van der Waals surface area contributed by atoms with Crippen molar-refractivity contribution in [1.82, 2.24) is 15.6 Å². The first-order valence-electron chi connectivity index (χ1n) is 11.6. The molecule has 0 radical (unpaired) electrons. The molecule has 35 heavy (non-hydrogen) atoms. The van der Waals surface area contributed by atoms with Gasteiger partial charge >= 0.3 is 5.97 Å². The summed E-state index contributed by atoms with van der Waals surface area (Å²) in [6.45, 7) is 7.35. The normalized spacial score (nSPS) is 29.3. The Hall–Kier alpha value is -3.24. The van der Waals surface area contributed by atoms with E-state index in [1.807, 2.05) is 20.8 Å². The molecule has 0 fully saturated rings. The number of rotatable bonds is 1. The summed E-state index contributed by atoms with van der Waals surface area (Å²) in [4.78, 5) is 40.8. The first kappa shape index (κ1) is 28.0. The van der Waals surface area contributed by atoms with Crippen LogP contribution in [0.4, 0.5) is 0 Å². The van der Waals surface area contributed by atoms with E-state index in [1.165, 1.54) is 6.08 Å². The molecule has 1 aliphatic heterocycles. The number of nitrogens with zero attached hydrogens (tertiary/aromatic N) is 1. The number of amides is 2. The molecule has 0 aromatic carbocycles. The molecule has 2 rings (SSSR count). The van der Waals surface area contributed by atoms with Crippen LogP contribution in [-0.2, 0) is 20.7 Å². The van der Waals surface area contributed by atoms with Crippen LogP contribution in [-0.4, -0.2) is 64.4 Å². The van der Waals surface area contributed by atoms with Crippen LogP contribution in [0.5, 0.6) is 0 Å². The van der Waals surface area contributed by atoms with Crippen LogP contribution in [0.2, 0.25) is 0 Å². The Morgan fingerprint density at radius 1 is 1.14 bits per heavy atom. The molecule has 4 atom stereocenters. The first-order valence-corrected chi connectivity index (χ1v) is 11.6. The molecule has 2 heterocycles. The largest absolute Gasteiger partial charge is 0.460 e. The van der Waals surface area contributed by atoms with Gasteiger partial charge in [-0.3, -0.25) is 14.4 Å². The second-order valence-corrected chi connectivity index (χ2v) is 8.95. The van der Waals surface area contributed by atoms with Gasteiger partial charge in [-0.2, -0.15) is 0 Å². The summed E-state index contributed by atoms with van der Waals surface area (Å²) >= 11 is 0. The maximum atomic E-state index is 12.3. The lowest BCUT2D eigenvalue weighted by Crippen LogP contribution is -2.36. The smallest absolute Gasteiger partial charge is 0.325 e. The van der Waals surface area contributed by atoms with Gasteiger partial charge in [0.1, 0.15) is 18.9 Å². The number of cyclic esters (lactones) is 1. The number of aliphatic hydroxyl groups excluding tert-OH is 2. The van der Waals surface area contributed by atoms with E-state index >= 15 is 0 Å². The summed E-state index contributed by atoms with van der Waals surface area (Å²) < 4.78 is 10.8. The molecule has 2 bridgehead atoms. The van der Waals surface area contributed by atoms with Gasteiger partial charge in [-0.15, -0.1) is 0 Å². The van der Waals surface area contributed by atoms with Gasteiger partial charge in [0.15, 0.2) is 11.6 Å². The summed E-state index contributed by atoms with van der Waals surface area (Å²) in [5.74, 6) is -1.68. The van der Waals surface area contributed by atoms with E-state index in [0.717, 1.165) is 11.8 Å². The fourth-order valence-corrected chi connectivity index (χ4v) is 3.60. The van der Waals surface area contributed by atoms with Crippen molar-refractivity contribution in [3.8, 4) is 0 Å². The van der Waals surface area contributed by atoms with Crippen molar-refractivity contribution in [3.05, 3.63) is 53.8 Å². The van der Waals surface area contributed by atoms with E-state index in [-0.39, 0.29) is 55.3 Å². The quantitative estimate of drug-likeness (QED) is 0.433. The van der Waals surface area contributed by atoms with Crippen molar-refractivity contribution in [2.75, 3.05) is 13.1 Å². The standard InChI is InChI=1S/C25H35N3O7/c1-15(2)24-17(4)7-8-21(31)26-9-5-6-16(3)10-18(29)11-19(30)12-22-28-20(14-34-22)25(33)27-13-23(32)35-24/h5-8,10,14-15,17-19,24,29-30H,9,11-13H2,1-4H3,(H,26,31)(H,27,33)/b6-5+,8-7+,16-10+/t17-,18-,19-,24-/m1/s1. The zero-order valence-corrected chi connectivity index (χ0v) is 20.6. The maximum absolute atomic E-state index is 12.3. The Morgan fingerprint density at radius 2 is 1.89 bits per heavy atom. The van der Waals surface area contributed by atoms with Crippen molar-refractivity contribution >= 4 is 17.8 Å². The molecule has 192 valence electrons. The molecule has 1 aromatic heterocycles. The Balaban J connectivity index is 2.18. The number of esters is 1. The highest BCUT2D eigenvalue weighted by atomic mass is 16.5. The SMILES string of the molecule is CC1=C\[C@@H](O)C[C@@H](O)Cc2nc(co2)C(=O)NCC(=O)O[C@H](C(C)C)[C@H](C)/C=C/C(=O)NC\C=C\1. The summed E-state index contributed by atoms with van der Waals surface area (Å²) in [6, 6.07) is 0. The molecule has 1 aliphatic rings. The Kier molecular flexibility index (Phi) is 10.9. The van der Waals surface area contributed by atoms with Crippen LogP contribution >= 0.6 is 0 Å². The summed E-state index contributed by atoms with van der Waals surface area (Å²) in [7, 11) is 0. The molecular formula is C25H35N3O7. The molecular weight excluding hydrogens is 454 g/mol. The molecule has 10 heteroatoms. The number of carbonyl (C=O) groups is 3. The van der Waals surface area contributed by atoms with E-state index in [4.69, 9.17) is 9.15 Å². The molecule has 2 amide bonds. The summed E-state index contributed by atoms with van der Waals surface area (Å²) in [5.41, 5.74) is 0.723. The van der Waals surface area contributed by atoms with E-state index in [0.29, 0.717) is 0 Å². The van der Waals surface area contributed by atoms with Crippen molar-refractivity contribution < 1.29 is 33.8 Å². The van der Waals surface area contributed by atoms with Gasteiger partial charge in [0.2, 0.25) is 5.91 Å². The van der Waals surface area contributed by atoms with Crippen LogP contribution in [0.3, 0.4) is 0 Å². The molecule has 1 aromatic rings. The lowest BCUT2D eigenvalue weighted by Gasteiger charge is -2.25. The molecule has 0 aliphatic carbocycles. The number of aromatic nitrogens is 1. The number of nitrogens with one attached hydrogen (secondary N) is 2. The number of hydrogen-bond acceptors (Lipinski definition) is 8. The van der Waals surface area contributed by atoms with E-state index in [2.05, 4.69) is 15.6 Å². The second-order valence-electron chi connectivity index (χ2n) is 8.95. The van der Waals surface area contributed by atoms with Gasteiger partial charge in [0.05, 0.1) is 18.6 Å². The maximum Gasteiger partial charge on any atom is 0.325 e. The van der Waals surface area contributed by atoms with Crippen LogP contribution in [0, 0.1) is 11.8 Å². The van der Waals surface area contributed by atoms with Crippen molar-refractivity contribution in [2.45, 2.75) is 58.8 Å². The lowest BCUT2D eigenvalue weighted by molar-refractivity contribution is -0.152. The zero-order valence-electron chi connectivity index (χ0n) is 20.6. The third kappa shape index (κ3) is 9.87. The van der Waals surface area contributed by atoms with E-state index in [9.17, 15) is 24.6 Å². The highest BCUT2D eigenvalue weighted by Crippen LogP contribution is 2.18.